The molecule has 0 spiro atoms. The van der Waals surface area contributed by atoms with Gasteiger partial charge in [0, 0.05) is 33.2 Å². The van der Waals surface area contributed by atoms with Crippen molar-refractivity contribution in [3.63, 3.8) is 0 Å². The summed E-state index contributed by atoms with van der Waals surface area (Å²) in [5.41, 5.74) is 9.86. The fraction of sp³-hybridized carbons (Fsp3) is 0.188. The van der Waals surface area contributed by atoms with Crippen LogP contribution in [0.1, 0.15) is 87.2 Å². The van der Waals surface area contributed by atoms with Crippen LogP contribution in [0, 0.1) is 0 Å². The van der Waals surface area contributed by atoms with Crippen molar-refractivity contribution >= 4 is 72.4 Å². The number of benzene rings is 8. The van der Waals surface area contributed by atoms with Gasteiger partial charge in [0.1, 0.15) is 5.82 Å². The Labute approximate surface area is 406 Å². The smallest absolute Gasteiger partial charge is 0.237 e. The summed E-state index contributed by atoms with van der Waals surface area (Å²) in [6.45, 7) is 0. The van der Waals surface area contributed by atoms with E-state index in [2.05, 4.69) is 215 Å². The van der Waals surface area contributed by atoms with Gasteiger partial charge in [-0.15, -0.1) is 0 Å². The summed E-state index contributed by atoms with van der Waals surface area (Å²) < 4.78 is 4.80. The van der Waals surface area contributed by atoms with E-state index in [1.807, 2.05) is 0 Å². The van der Waals surface area contributed by atoms with Gasteiger partial charge in [-0.2, -0.15) is 4.98 Å². The van der Waals surface area contributed by atoms with Gasteiger partial charge in [-0.1, -0.05) is 214 Å². The molecule has 3 aromatic heterocycles. The number of hydrogen-bond acceptors (Lipinski definition) is 2. The molecule has 8 aromatic carbocycles. The molecule has 69 heavy (non-hydrogen) atoms. The van der Waals surface area contributed by atoms with Crippen molar-refractivity contribution in [2.45, 2.75) is 76.0 Å². The van der Waals surface area contributed by atoms with Crippen molar-refractivity contribution in [1.82, 2.24) is 19.1 Å². The zero-order valence-corrected chi connectivity index (χ0v) is 40.1. The van der Waals surface area contributed by atoms with Crippen LogP contribution in [-0.4, -0.2) is 27.2 Å². The van der Waals surface area contributed by atoms with Crippen molar-refractivity contribution < 1.29 is 0 Å². The first-order chi connectivity index (χ1) is 34.3. The molecule has 4 nitrogen and oxygen atoms in total. The van der Waals surface area contributed by atoms with Gasteiger partial charge in [-0.25, -0.2) is 4.98 Å². The molecule has 0 saturated heterocycles. The number of para-hydroxylation sites is 3. The number of fused-ring (bicyclic) bond motifs is 6. The molecule has 0 N–H and O–H groups in total. The Hall–Kier alpha value is -7.34. The normalized spacial score (nSPS) is 15.1. The number of nitrogens with zero attached hydrogens (tertiary/aromatic N) is 4. The van der Waals surface area contributed by atoms with E-state index in [1.54, 1.807) is 0 Å². The van der Waals surface area contributed by atoms with Gasteiger partial charge in [0.05, 0.1) is 27.8 Å². The number of aromatic nitrogens is 4. The maximum Gasteiger partial charge on any atom is 0.237 e. The van der Waals surface area contributed by atoms with Gasteiger partial charge in [0.15, 0.2) is 8.07 Å². The Morgan fingerprint density at radius 1 is 0.348 bits per heavy atom. The lowest BCUT2D eigenvalue weighted by atomic mass is 9.76. The number of hydrogen-bond donors (Lipinski definition) is 0. The standard InChI is InChI=1S/C64H56N4Si/c1-6-23-45(24-7-1)51-36-22-37-52(46-25-8-2-9-26-46)63(51)57-44-62(66-64(65-57)68-59-39-20-17-33-53(59)54-34-18-21-40-60(54)68)67-58-38-19-16-35-55(58)56-42-41-50(43-61(56)67)69(47-27-10-3-11-28-47,48-29-12-4-13-30-48)49-31-14-5-15-32-49/h3-5,10-22,27-46H,1-2,6-9,23-26H2. The summed E-state index contributed by atoms with van der Waals surface area (Å²) in [5.74, 6) is 2.61. The van der Waals surface area contributed by atoms with Crippen molar-refractivity contribution in [3.05, 3.63) is 217 Å². The Kier molecular flexibility index (Phi) is 10.7. The summed E-state index contributed by atoms with van der Waals surface area (Å²) in [6.07, 6.45) is 12.7. The van der Waals surface area contributed by atoms with E-state index in [4.69, 9.17) is 9.97 Å². The van der Waals surface area contributed by atoms with Crippen molar-refractivity contribution in [3.8, 4) is 23.0 Å². The second kappa shape index (κ2) is 17.6. The zero-order valence-electron chi connectivity index (χ0n) is 39.1. The quantitative estimate of drug-likeness (QED) is 0.107. The maximum absolute atomic E-state index is 5.85. The minimum absolute atomic E-state index is 0.509. The highest BCUT2D eigenvalue weighted by Crippen LogP contribution is 2.45. The average Bonchev–Trinajstić information content (AvgIpc) is 3.95. The largest absolute Gasteiger partial charge is 0.294 e. The first kappa shape index (κ1) is 41.8. The molecular formula is C64H56N4Si. The molecule has 3 heterocycles. The van der Waals surface area contributed by atoms with E-state index in [0.717, 1.165) is 33.6 Å². The minimum Gasteiger partial charge on any atom is -0.294 e. The van der Waals surface area contributed by atoms with Gasteiger partial charge >= 0.3 is 0 Å². The zero-order chi connectivity index (χ0) is 45.7. The molecule has 0 atom stereocenters. The van der Waals surface area contributed by atoms with Crippen LogP contribution in [-0.2, 0) is 0 Å². The predicted molar refractivity (Wildman–Crippen MR) is 291 cm³/mol. The van der Waals surface area contributed by atoms with Crippen LogP contribution in [0.5, 0.6) is 0 Å². The molecular weight excluding hydrogens is 853 g/mol. The van der Waals surface area contributed by atoms with Gasteiger partial charge in [0.25, 0.3) is 0 Å². The highest BCUT2D eigenvalue weighted by Gasteiger charge is 2.42. The van der Waals surface area contributed by atoms with Crippen LogP contribution in [0.15, 0.2) is 206 Å². The lowest BCUT2D eigenvalue weighted by molar-refractivity contribution is 0.436. The molecule has 2 aliphatic rings. The SMILES string of the molecule is c1ccc([Si](c2ccccc2)(c2ccccc2)c2ccc3c4ccccc4n(-c4cc(-c5c(C6CCCCC6)cccc5C5CCCCC5)nc(-n5c6ccccc6c6ccccc65)n4)c3c2)cc1. The molecule has 0 amide bonds. The first-order valence-electron chi connectivity index (χ1n) is 25.5. The third-order valence-electron chi connectivity index (χ3n) is 15.9. The van der Waals surface area contributed by atoms with Gasteiger partial charge < -0.3 is 0 Å². The van der Waals surface area contributed by atoms with Crippen LogP contribution < -0.4 is 20.7 Å². The lowest BCUT2D eigenvalue weighted by Gasteiger charge is -2.34. The van der Waals surface area contributed by atoms with E-state index >= 15 is 0 Å². The fourth-order valence-corrected chi connectivity index (χ4v) is 17.6. The van der Waals surface area contributed by atoms with E-state index < -0.39 is 8.07 Å². The van der Waals surface area contributed by atoms with E-state index in [1.165, 1.54) is 123 Å². The van der Waals surface area contributed by atoms with E-state index in [0.29, 0.717) is 17.8 Å². The highest BCUT2D eigenvalue weighted by atomic mass is 28.3. The van der Waals surface area contributed by atoms with Crippen LogP contribution in [0.4, 0.5) is 0 Å². The average molecular weight is 909 g/mol. The molecule has 5 heteroatoms. The monoisotopic (exact) mass is 908 g/mol. The Morgan fingerprint density at radius 2 is 0.783 bits per heavy atom. The number of rotatable bonds is 9. The molecule has 0 bridgehead atoms. The predicted octanol–water partition coefficient (Wildman–Crippen LogP) is 13.8. The summed E-state index contributed by atoms with van der Waals surface area (Å²) in [4.78, 5) is 11.7. The highest BCUT2D eigenvalue weighted by molar-refractivity contribution is 7.20. The van der Waals surface area contributed by atoms with E-state index in [9.17, 15) is 0 Å². The van der Waals surface area contributed by atoms with Gasteiger partial charge in [-0.05, 0) is 93.7 Å². The van der Waals surface area contributed by atoms with Crippen LogP contribution in [0.25, 0.3) is 66.6 Å². The minimum atomic E-state index is -2.87. The molecule has 13 rings (SSSR count). The van der Waals surface area contributed by atoms with Crippen LogP contribution >= 0.6 is 0 Å². The van der Waals surface area contributed by atoms with Crippen LogP contribution in [0.3, 0.4) is 0 Å². The van der Waals surface area contributed by atoms with E-state index in [-0.39, 0.29) is 0 Å². The summed E-state index contributed by atoms with van der Waals surface area (Å²) >= 11 is 0. The maximum atomic E-state index is 5.85. The molecule has 336 valence electrons. The lowest BCUT2D eigenvalue weighted by Crippen LogP contribution is -2.74. The molecule has 2 saturated carbocycles. The summed E-state index contributed by atoms with van der Waals surface area (Å²) in [7, 11) is -2.87. The third kappa shape index (κ3) is 7.00. The third-order valence-corrected chi connectivity index (χ3v) is 20.7. The van der Waals surface area contributed by atoms with Gasteiger partial charge in [-0.3, -0.25) is 9.13 Å². The van der Waals surface area contributed by atoms with Crippen molar-refractivity contribution in [1.29, 1.82) is 0 Å². The molecule has 2 fully saturated rings. The fourth-order valence-electron chi connectivity index (χ4n) is 12.8. The topological polar surface area (TPSA) is 35.6 Å². The first-order valence-corrected chi connectivity index (χ1v) is 27.5. The Bertz CT molecular complexity index is 3450. The second-order valence-corrected chi connectivity index (χ2v) is 23.5. The molecule has 11 aromatic rings. The molecule has 0 aliphatic heterocycles. The Morgan fingerprint density at radius 3 is 1.28 bits per heavy atom. The summed E-state index contributed by atoms with van der Waals surface area (Å²) in [5, 5.41) is 10.3. The molecule has 0 unspecified atom stereocenters. The van der Waals surface area contributed by atoms with Crippen molar-refractivity contribution in [2.75, 3.05) is 0 Å². The molecule has 2 aliphatic carbocycles. The Balaban J connectivity index is 1.14. The summed E-state index contributed by atoms with van der Waals surface area (Å²) in [6, 6.07) is 77.4. The second-order valence-electron chi connectivity index (χ2n) is 19.7. The van der Waals surface area contributed by atoms with Crippen molar-refractivity contribution in [2.24, 2.45) is 0 Å². The van der Waals surface area contributed by atoms with Gasteiger partial charge in [0.2, 0.25) is 5.95 Å². The molecule has 0 radical (unpaired) electrons. The van der Waals surface area contributed by atoms with Crippen LogP contribution in [0.2, 0.25) is 0 Å².